The molecule has 13 heavy (non-hydrogen) atoms. The van der Waals surface area contributed by atoms with Crippen molar-refractivity contribution in [2.45, 2.75) is 24.9 Å². The molecule has 0 bridgehead atoms. The summed E-state index contributed by atoms with van der Waals surface area (Å²) in [5.74, 6) is 0.231. The number of hydrogen-bond donors (Lipinski definition) is 1. The van der Waals surface area contributed by atoms with Gasteiger partial charge in [0.25, 0.3) is 0 Å². The van der Waals surface area contributed by atoms with Gasteiger partial charge in [-0.25, -0.2) is 13.1 Å². The zero-order chi connectivity index (χ0) is 10.2. The summed E-state index contributed by atoms with van der Waals surface area (Å²) >= 11 is 0. The predicted molar refractivity (Wildman–Crippen MR) is 50.1 cm³/mol. The highest BCUT2D eigenvalue weighted by Crippen LogP contribution is 2.17. The molecule has 0 saturated carbocycles. The van der Waals surface area contributed by atoms with E-state index in [0.717, 1.165) is 6.26 Å². The molecule has 1 heterocycles. The fourth-order valence-electron chi connectivity index (χ4n) is 1.04. The van der Waals surface area contributed by atoms with Gasteiger partial charge in [0.2, 0.25) is 0 Å². The molecule has 6 heteroatoms. The topological polar surface area (TPSA) is 78.0 Å². The van der Waals surface area contributed by atoms with Gasteiger partial charge in [-0.05, 0) is 13.8 Å². The Hall–Kier alpha value is -1.04. The SMILES string of the molecule is CC(C)n1nc(N)cc1S(C)(=O)=O. The minimum atomic E-state index is -3.24. The number of rotatable bonds is 2. The van der Waals surface area contributed by atoms with Crippen molar-refractivity contribution < 1.29 is 8.42 Å². The molecule has 0 spiro atoms. The van der Waals surface area contributed by atoms with E-state index in [1.807, 2.05) is 13.8 Å². The Morgan fingerprint density at radius 1 is 1.54 bits per heavy atom. The van der Waals surface area contributed by atoms with Gasteiger partial charge in [0.1, 0.15) is 5.82 Å². The van der Waals surface area contributed by atoms with Crippen molar-refractivity contribution in [2.75, 3.05) is 12.0 Å². The number of nitrogens with two attached hydrogens (primary N) is 1. The van der Waals surface area contributed by atoms with Crippen LogP contribution in [0.2, 0.25) is 0 Å². The molecular formula is C7H13N3O2S. The number of nitrogen functional groups attached to an aromatic ring is 1. The Morgan fingerprint density at radius 2 is 2.08 bits per heavy atom. The maximum absolute atomic E-state index is 11.3. The minimum absolute atomic E-state index is 0.0120. The summed E-state index contributed by atoms with van der Waals surface area (Å²) in [6.45, 7) is 3.70. The van der Waals surface area contributed by atoms with Crippen molar-refractivity contribution in [3.8, 4) is 0 Å². The summed E-state index contributed by atoms with van der Waals surface area (Å²) in [4.78, 5) is 0. The van der Waals surface area contributed by atoms with Gasteiger partial charge in [-0.1, -0.05) is 0 Å². The summed E-state index contributed by atoms with van der Waals surface area (Å²) in [6, 6.07) is 1.36. The lowest BCUT2D eigenvalue weighted by Gasteiger charge is -2.08. The smallest absolute Gasteiger partial charge is 0.192 e. The van der Waals surface area contributed by atoms with Gasteiger partial charge in [0, 0.05) is 18.4 Å². The third-order valence-corrected chi connectivity index (χ3v) is 2.65. The van der Waals surface area contributed by atoms with Gasteiger partial charge >= 0.3 is 0 Å². The first-order valence-electron chi connectivity index (χ1n) is 3.87. The fraction of sp³-hybridized carbons (Fsp3) is 0.571. The molecule has 1 aromatic rings. The van der Waals surface area contributed by atoms with Crippen molar-refractivity contribution in [3.63, 3.8) is 0 Å². The molecule has 0 aromatic carbocycles. The van der Waals surface area contributed by atoms with Crippen molar-refractivity contribution in [2.24, 2.45) is 0 Å². The lowest BCUT2D eigenvalue weighted by atomic mass is 10.4. The van der Waals surface area contributed by atoms with Crippen LogP contribution in [0.3, 0.4) is 0 Å². The van der Waals surface area contributed by atoms with Crippen molar-refractivity contribution in [1.82, 2.24) is 9.78 Å². The van der Waals surface area contributed by atoms with Crippen LogP contribution in [-0.4, -0.2) is 24.5 Å². The number of sulfone groups is 1. The molecule has 0 aliphatic carbocycles. The van der Waals surface area contributed by atoms with E-state index in [9.17, 15) is 8.42 Å². The Balaban J connectivity index is 3.37. The molecule has 0 aliphatic heterocycles. The Kier molecular flexibility index (Phi) is 2.34. The first-order chi connectivity index (χ1) is 5.82. The van der Waals surface area contributed by atoms with E-state index < -0.39 is 9.84 Å². The average molecular weight is 203 g/mol. The Labute approximate surface area is 77.5 Å². The molecule has 0 atom stereocenters. The van der Waals surface area contributed by atoms with Crippen molar-refractivity contribution in [3.05, 3.63) is 6.07 Å². The second-order valence-corrected chi connectivity index (χ2v) is 5.18. The van der Waals surface area contributed by atoms with Crippen LogP contribution >= 0.6 is 0 Å². The van der Waals surface area contributed by atoms with E-state index in [1.165, 1.54) is 10.7 Å². The van der Waals surface area contributed by atoms with Crippen LogP contribution in [0.4, 0.5) is 5.82 Å². The normalized spacial score (nSPS) is 12.3. The van der Waals surface area contributed by atoms with Crippen LogP contribution in [0.1, 0.15) is 19.9 Å². The Bertz CT molecular complexity index is 405. The van der Waals surface area contributed by atoms with Crippen LogP contribution in [0.5, 0.6) is 0 Å². The van der Waals surface area contributed by atoms with Crippen molar-refractivity contribution >= 4 is 15.7 Å². The second-order valence-electron chi connectivity index (χ2n) is 3.22. The van der Waals surface area contributed by atoms with E-state index in [2.05, 4.69) is 5.10 Å². The van der Waals surface area contributed by atoms with Gasteiger partial charge in [0.15, 0.2) is 14.9 Å². The molecule has 0 aliphatic rings. The third kappa shape index (κ3) is 2.00. The summed E-state index contributed by atoms with van der Waals surface area (Å²) in [5, 5.41) is 4.06. The number of anilines is 1. The predicted octanol–water partition coefficient (Wildman–Crippen LogP) is 0.450. The fourth-order valence-corrected chi connectivity index (χ4v) is 1.97. The quantitative estimate of drug-likeness (QED) is 0.757. The van der Waals surface area contributed by atoms with E-state index >= 15 is 0 Å². The molecule has 0 saturated heterocycles. The van der Waals surface area contributed by atoms with Gasteiger partial charge < -0.3 is 5.73 Å². The van der Waals surface area contributed by atoms with Crippen LogP contribution in [0.15, 0.2) is 11.1 Å². The number of hydrogen-bond acceptors (Lipinski definition) is 4. The lowest BCUT2D eigenvalue weighted by molar-refractivity contribution is 0.481. The molecule has 0 amide bonds. The van der Waals surface area contributed by atoms with Crippen molar-refractivity contribution in [1.29, 1.82) is 0 Å². The van der Waals surface area contributed by atoms with Gasteiger partial charge in [-0.3, -0.25) is 0 Å². The zero-order valence-electron chi connectivity index (χ0n) is 7.85. The molecule has 0 unspecified atom stereocenters. The molecular weight excluding hydrogens is 190 g/mol. The summed E-state index contributed by atoms with van der Waals surface area (Å²) in [7, 11) is -3.24. The number of nitrogens with zero attached hydrogens (tertiary/aromatic N) is 2. The van der Waals surface area contributed by atoms with Crippen LogP contribution in [0.25, 0.3) is 0 Å². The first-order valence-corrected chi connectivity index (χ1v) is 5.76. The maximum atomic E-state index is 11.3. The Morgan fingerprint density at radius 3 is 2.38 bits per heavy atom. The van der Waals surface area contributed by atoms with Gasteiger partial charge in [-0.2, -0.15) is 5.10 Å². The van der Waals surface area contributed by atoms with Crippen LogP contribution in [-0.2, 0) is 9.84 Å². The average Bonchev–Trinajstić information content (AvgIpc) is 2.29. The largest absolute Gasteiger partial charge is 0.382 e. The maximum Gasteiger partial charge on any atom is 0.192 e. The van der Waals surface area contributed by atoms with E-state index in [1.54, 1.807) is 0 Å². The molecule has 2 N–H and O–H groups in total. The summed E-state index contributed by atoms with van der Waals surface area (Å²) < 4.78 is 23.9. The lowest BCUT2D eigenvalue weighted by Crippen LogP contribution is -2.11. The van der Waals surface area contributed by atoms with E-state index in [-0.39, 0.29) is 16.9 Å². The molecule has 0 radical (unpaired) electrons. The second kappa shape index (κ2) is 3.02. The molecule has 1 rings (SSSR count). The molecule has 1 aromatic heterocycles. The zero-order valence-corrected chi connectivity index (χ0v) is 8.67. The summed E-state index contributed by atoms with van der Waals surface area (Å²) in [5.41, 5.74) is 5.42. The highest BCUT2D eigenvalue weighted by Gasteiger charge is 2.17. The third-order valence-electron chi connectivity index (χ3n) is 1.59. The molecule has 0 fully saturated rings. The monoisotopic (exact) mass is 203 g/mol. The minimum Gasteiger partial charge on any atom is -0.382 e. The number of aromatic nitrogens is 2. The van der Waals surface area contributed by atoms with Crippen LogP contribution < -0.4 is 5.73 Å². The van der Waals surface area contributed by atoms with Crippen LogP contribution in [0, 0.1) is 0 Å². The van der Waals surface area contributed by atoms with Gasteiger partial charge in [-0.15, -0.1) is 0 Å². The highest BCUT2D eigenvalue weighted by atomic mass is 32.2. The highest BCUT2D eigenvalue weighted by molar-refractivity contribution is 7.90. The first kappa shape index (κ1) is 10.0. The van der Waals surface area contributed by atoms with E-state index in [4.69, 9.17) is 5.73 Å². The van der Waals surface area contributed by atoms with E-state index in [0.29, 0.717) is 0 Å². The standard InChI is InChI=1S/C7H13N3O2S/c1-5(2)10-7(13(3,11)12)4-6(8)9-10/h4-5H,1-3H3,(H2,8,9). The molecule has 74 valence electrons. The van der Waals surface area contributed by atoms with Gasteiger partial charge in [0.05, 0.1) is 0 Å². The molecule has 5 nitrogen and oxygen atoms in total. The summed E-state index contributed by atoms with van der Waals surface area (Å²) in [6.07, 6.45) is 1.14.